The summed E-state index contributed by atoms with van der Waals surface area (Å²) in [7, 11) is 0. The van der Waals surface area contributed by atoms with Crippen LogP contribution in [0, 0.1) is 10.5 Å². The zero-order valence-corrected chi connectivity index (χ0v) is 11.1. The SMILES string of the molecule is Cc1c(-c2ccccc2)ncc(I)c1Cl. The minimum Gasteiger partial charge on any atom is -0.255 e. The lowest BCUT2D eigenvalue weighted by atomic mass is 10.1. The van der Waals surface area contributed by atoms with Gasteiger partial charge in [-0.25, -0.2) is 0 Å². The number of benzene rings is 1. The van der Waals surface area contributed by atoms with Crippen molar-refractivity contribution in [1.82, 2.24) is 4.98 Å². The molecule has 1 aromatic carbocycles. The number of pyridine rings is 1. The van der Waals surface area contributed by atoms with Gasteiger partial charge in [0, 0.05) is 11.8 Å². The molecular formula is C12H9ClIN. The van der Waals surface area contributed by atoms with Crippen molar-refractivity contribution < 1.29 is 0 Å². The topological polar surface area (TPSA) is 12.9 Å². The minimum atomic E-state index is 0.796. The summed E-state index contributed by atoms with van der Waals surface area (Å²) in [5, 5.41) is 0.796. The van der Waals surface area contributed by atoms with Crippen molar-refractivity contribution >= 4 is 34.2 Å². The van der Waals surface area contributed by atoms with Crippen LogP contribution in [0.5, 0.6) is 0 Å². The molecule has 2 aromatic rings. The Morgan fingerprint density at radius 1 is 1.20 bits per heavy atom. The molecule has 0 aliphatic rings. The van der Waals surface area contributed by atoms with Crippen LogP contribution in [-0.4, -0.2) is 4.98 Å². The van der Waals surface area contributed by atoms with E-state index in [4.69, 9.17) is 11.6 Å². The number of halogens is 2. The van der Waals surface area contributed by atoms with Crippen LogP contribution in [0.15, 0.2) is 36.5 Å². The van der Waals surface area contributed by atoms with Crippen LogP contribution in [0.1, 0.15) is 5.56 Å². The first-order valence-electron chi connectivity index (χ1n) is 4.56. The Balaban J connectivity index is 2.60. The molecule has 0 saturated carbocycles. The van der Waals surface area contributed by atoms with Crippen molar-refractivity contribution in [3.8, 4) is 11.3 Å². The van der Waals surface area contributed by atoms with E-state index in [2.05, 4.69) is 27.6 Å². The lowest BCUT2D eigenvalue weighted by Crippen LogP contribution is -1.91. The third-order valence-electron chi connectivity index (χ3n) is 2.25. The third-order valence-corrected chi connectivity index (χ3v) is 3.87. The molecule has 0 radical (unpaired) electrons. The Hall–Kier alpha value is -0.610. The fourth-order valence-electron chi connectivity index (χ4n) is 1.44. The van der Waals surface area contributed by atoms with Crippen molar-refractivity contribution in [3.63, 3.8) is 0 Å². The van der Waals surface area contributed by atoms with Gasteiger partial charge in [-0.1, -0.05) is 41.9 Å². The molecule has 0 amide bonds. The molecule has 0 bridgehead atoms. The van der Waals surface area contributed by atoms with Crippen molar-refractivity contribution in [2.75, 3.05) is 0 Å². The highest BCUT2D eigenvalue weighted by Crippen LogP contribution is 2.29. The van der Waals surface area contributed by atoms with E-state index < -0.39 is 0 Å². The molecule has 0 spiro atoms. The van der Waals surface area contributed by atoms with E-state index in [1.54, 1.807) is 6.20 Å². The average molecular weight is 330 g/mol. The van der Waals surface area contributed by atoms with E-state index in [1.807, 2.05) is 37.3 Å². The van der Waals surface area contributed by atoms with Crippen LogP contribution in [0.3, 0.4) is 0 Å². The first-order valence-corrected chi connectivity index (χ1v) is 6.02. The second-order valence-electron chi connectivity index (χ2n) is 3.26. The molecule has 3 heteroatoms. The minimum absolute atomic E-state index is 0.796. The van der Waals surface area contributed by atoms with Crippen LogP contribution in [-0.2, 0) is 0 Å². The van der Waals surface area contributed by atoms with Gasteiger partial charge < -0.3 is 0 Å². The van der Waals surface area contributed by atoms with Crippen molar-refractivity contribution in [2.24, 2.45) is 0 Å². The number of hydrogen-bond donors (Lipinski definition) is 0. The van der Waals surface area contributed by atoms with Gasteiger partial charge in [0.15, 0.2) is 0 Å². The van der Waals surface area contributed by atoms with Crippen LogP contribution >= 0.6 is 34.2 Å². The number of nitrogens with zero attached hydrogens (tertiary/aromatic N) is 1. The van der Waals surface area contributed by atoms with Gasteiger partial charge in [-0.3, -0.25) is 4.98 Å². The van der Waals surface area contributed by atoms with E-state index in [-0.39, 0.29) is 0 Å². The van der Waals surface area contributed by atoms with Gasteiger partial charge in [-0.2, -0.15) is 0 Å². The molecule has 1 aromatic heterocycles. The zero-order valence-electron chi connectivity index (χ0n) is 8.17. The summed E-state index contributed by atoms with van der Waals surface area (Å²) in [6, 6.07) is 10.1. The normalized spacial score (nSPS) is 10.3. The van der Waals surface area contributed by atoms with Crippen LogP contribution in [0.4, 0.5) is 0 Å². The maximum atomic E-state index is 6.19. The molecule has 0 unspecified atom stereocenters. The molecular weight excluding hydrogens is 320 g/mol. The fourth-order valence-corrected chi connectivity index (χ4v) is 2.13. The average Bonchev–Trinajstić information content (AvgIpc) is 2.27. The van der Waals surface area contributed by atoms with Gasteiger partial charge in [0.2, 0.25) is 0 Å². The summed E-state index contributed by atoms with van der Waals surface area (Å²) in [5.41, 5.74) is 3.10. The first kappa shape index (κ1) is 10.9. The maximum absolute atomic E-state index is 6.19. The molecule has 0 aliphatic heterocycles. The second-order valence-corrected chi connectivity index (χ2v) is 4.80. The highest BCUT2D eigenvalue weighted by atomic mass is 127. The molecule has 0 saturated heterocycles. The van der Waals surface area contributed by atoms with E-state index in [9.17, 15) is 0 Å². The van der Waals surface area contributed by atoms with Crippen molar-refractivity contribution in [1.29, 1.82) is 0 Å². The van der Waals surface area contributed by atoms with Gasteiger partial charge in [0.1, 0.15) is 0 Å². The molecule has 1 nitrogen and oxygen atoms in total. The summed E-state index contributed by atoms with van der Waals surface area (Å²) in [5.74, 6) is 0. The molecule has 1 heterocycles. The summed E-state index contributed by atoms with van der Waals surface area (Å²) in [4.78, 5) is 4.42. The van der Waals surface area contributed by atoms with E-state index in [1.165, 1.54) is 0 Å². The molecule has 15 heavy (non-hydrogen) atoms. The molecule has 0 N–H and O–H groups in total. The number of aromatic nitrogens is 1. The van der Waals surface area contributed by atoms with Gasteiger partial charge in [-0.15, -0.1) is 0 Å². The lowest BCUT2D eigenvalue weighted by molar-refractivity contribution is 1.25. The summed E-state index contributed by atoms with van der Waals surface area (Å²) in [6.07, 6.45) is 1.80. The van der Waals surface area contributed by atoms with Gasteiger partial charge >= 0.3 is 0 Å². The highest BCUT2D eigenvalue weighted by molar-refractivity contribution is 14.1. The fraction of sp³-hybridized carbons (Fsp3) is 0.0833. The molecule has 0 fully saturated rings. The van der Waals surface area contributed by atoms with E-state index in [0.717, 1.165) is 25.4 Å². The standard InChI is InChI=1S/C12H9ClIN/c1-8-11(13)10(14)7-15-12(8)9-5-3-2-4-6-9/h2-7H,1H3. The predicted molar refractivity (Wildman–Crippen MR) is 72.1 cm³/mol. The first-order chi connectivity index (χ1) is 7.20. The van der Waals surface area contributed by atoms with Gasteiger partial charge in [0.05, 0.1) is 14.3 Å². The third kappa shape index (κ3) is 2.16. The summed E-state index contributed by atoms with van der Waals surface area (Å²) >= 11 is 8.38. The molecule has 2 rings (SSSR count). The Kier molecular flexibility index (Phi) is 3.26. The molecule has 0 atom stereocenters. The Bertz CT molecular complexity index is 482. The predicted octanol–water partition coefficient (Wildman–Crippen LogP) is 4.32. The van der Waals surface area contributed by atoms with E-state index >= 15 is 0 Å². The van der Waals surface area contributed by atoms with Gasteiger partial charge in [-0.05, 0) is 35.1 Å². The monoisotopic (exact) mass is 329 g/mol. The van der Waals surface area contributed by atoms with Crippen molar-refractivity contribution in [3.05, 3.63) is 50.7 Å². The van der Waals surface area contributed by atoms with Gasteiger partial charge in [0.25, 0.3) is 0 Å². The Labute approximate surface area is 108 Å². The molecule has 0 aliphatic carbocycles. The van der Waals surface area contributed by atoms with Crippen molar-refractivity contribution in [2.45, 2.75) is 6.92 Å². The smallest absolute Gasteiger partial charge is 0.0746 e. The Morgan fingerprint density at radius 3 is 2.53 bits per heavy atom. The van der Waals surface area contributed by atoms with Crippen LogP contribution in [0.25, 0.3) is 11.3 Å². The maximum Gasteiger partial charge on any atom is 0.0746 e. The van der Waals surface area contributed by atoms with Crippen LogP contribution < -0.4 is 0 Å². The summed E-state index contributed by atoms with van der Waals surface area (Å²) in [6.45, 7) is 2.00. The second kappa shape index (κ2) is 4.49. The van der Waals surface area contributed by atoms with E-state index in [0.29, 0.717) is 0 Å². The summed E-state index contributed by atoms with van der Waals surface area (Å²) < 4.78 is 0.992. The molecule has 76 valence electrons. The zero-order chi connectivity index (χ0) is 10.8. The quantitative estimate of drug-likeness (QED) is 0.710. The number of rotatable bonds is 1. The Morgan fingerprint density at radius 2 is 1.87 bits per heavy atom. The van der Waals surface area contributed by atoms with Crippen LogP contribution in [0.2, 0.25) is 5.02 Å². The largest absolute Gasteiger partial charge is 0.255 e. The highest BCUT2D eigenvalue weighted by Gasteiger charge is 2.08. The number of hydrogen-bond acceptors (Lipinski definition) is 1. The lowest BCUT2D eigenvalue weighted by Gasteiger charge is -2.07.